The standard InChI is InChI=1S/C25H37F3N4O5/c1-15(2)12-17(14-32(36)37)21(33)30-20(24(3,4)5)22(34)29-19(23(35)31(6)7)13-16-8-10-18(11-9-16)25(26,27)28/h8-11,15,17,19-20H,12-14H2,1-7H3,(H,29,34)(H,30,33)/t17-,19-,20-/m1/s1. The van der Waals surface area contributed by atoms with Crippen LogP contribution in [0.4, 0.5) is 13.2 Å². The average Bonchev–Trinajstić information content (AvgIpc) is 2.73. The van der Waals surface area contributed by atoms with Gasteiger partial charge in [0.1, 0.15) is 18.0 Å². The second-order valence-corrected chi connectivity index (χ2v) is 10.8. The predicted octanol–water partition coefficient (Wildman–Crippen LogP) is 3.29. The molecule has 3 amide bonds. The van der Waals surface area contributed by atoms with Gasteiger partial charge in [-0.1, -0.05) is 46.8 Å². The topological polar surface area (TPSA) is 122 Å². The number of benzene rings is 1. The zero-order valence-corrected chi connectivity index (χ0v) is 22.3. The SMILES string of the molecule is CC(C)C[C@H](C[N+](=O)[O-])C(=O)N[C@H](C(=O)N[C@H](Cc1ccc(C(F)(F)F)cc1)C(=O)N(C)C)C(C)(C)C. The first-order chi connectivity index (χ1) is 16.8. The summed E-state index contributed by atoms with van der Waals surface area (Å²) >= 11 is 0. The van der Waals surface area contributed by atoms with Crippen LogP contribution in [0.5, 0.6) is 0 Å². The molecule has 1 aromatic carbocycles. The Morgan fingerprint density at radius 1 is 1.00 bits per heavy atom. The van der Waals surface area contributed by atoms with Crippen molar-refractivity contribution in [1.29, 1.82) is 0 Å². The van der Waals surface area contributed by atoms with Gasteiger partial charge in [0.25, 0.3) is 0 Å². The molecule has 9 nitrogen and oxygen atoms in total. The summed E-state index contributed by atoms with van der Waals surface area (Å²) in [5.41, 5.74) is -1.26. The van der Waals surface area contributed by atoms with Gasteiger partial charge < -0.3 is 15.5 Å². The molecule has 0 unspecified atom stereocenters. The zero-order chi connectivity index (χ0) is 28.7. The number of rotatable bonds is 11. The van der Waals surface area contributed by atoms with Crippen molar-refractivity contribution in [3.63, 3.8) is 0 Å². The summed E-state index contributed by atoms with van der Waals surface area (Å²) in [4.78, 5) is 50.9. The molecule has 0 aliphatic heterocycles. The van der Waals surface area contributed by atoms with Crippen LogP contribution in [-0.4, -0.2) is 60.3 Å². The molecular weight excluding hydrogens is 493 g/mol. The van der Waals surface area contributed by atoms with Gasteiger partial charge in [-0.2, -0.15) is 13.2 Å². The van der Waals surface area contributed by atoms with Crippen molar-refractivity contribution in [2.45, 2.75) is 65.7 Å². The molecule has 3 atom stereocenters. The Balaban J connectivity index is 3.18. The van der Waals surface area contributed by atoms with E-state index in [1.165, 1.54) is 31.1 Å². The number of hydrogen-bond acceptors (Lipinski definition) is 5. The minimum Gasteiger partial charge on any atom is -0.347 e. The number of nitro groups is 1. The van der Waals surface area contributed by atoms with Crippen molar-refractivity contribution in [3.8, 4) is 0 Å². The number of carbonyl (C=O) groups excluding carboxylic acids is 3. The van der Waals surface area contributed by atoms with Crippen molar-refractivity contribution in [1.82, 2.24) is 15.5 Å². The van der Waals surface area contributed by atoms with Gasteiger partial charge >= 0.3 is 6.18 Å². The van der Waals surface area contributed by atoms with E-state index in [4.69, 9.17) is 0 Å². The first-order valence-electron chi connectivity index (χ1n) is 11.9. The summed E-state index contributed by atoms with van der Waals surface area (Å²) < 4.78 is 38.7. The first-order valence-corrected chi connectivity index (χ1v) is 11.9. The van der Waals surface area contributed by atoms with Crippen molar-refractivity contribution in [2.75, 3.05) is 20.6 Å². The molecule has 0 aliphatic rings. The molecule has 2 N–H and O–H groups in total. The molecule has 0 heterocycles. The van der Waals surface area contributed by atoms with Crippen LogP contribution in [0.1, 0.15) is 52.2 Å². The molecule has 0 fully saturated rings. The number of hydrogen-bond donors (Lipinski definition) is 2. The maximum atomic E-state index is 13.3. The molecule has 1 aromatic rings. The fraction of sp³-hybridized carbons (Fsp3) is 0.640. The molecule has 0 saturated carbocycles. The average molecular weight is 531 g/mol. The highest BCUT2D eigenvalue weighted by Crippen LogP contribution is 2.29. The number of halogens is 3. The van der Waals surface area contributed by atoms with Gasteiger partial charge in [-0.25, -0.2) is 0 Å². The summed E-state index contributed by atoms with van der Waals surface area (Å²) in [6.07, 6.45) is -4.34. The number of likely N-dealkylation sites (N-methyl/N-ethyl adjacent to an activating group) is 1. The first kappa shape index (κ1) is 31.8. The highest BCUT2D eigenvalue weighted by Gasteiger charge is 2.38. The molecule has 0 spiro atoms. The van der Waals surface area contributed by atoms with Gasteiger partial charge in [0.15, 0.2) is 0 Å². The summed E-state index contributed by atoms with van der Waals surface area (Å²) in [6, 6.07) is 2.02. The lowest BCUT2D eigenvalue weighted by molar-refractivity contribution is -0.486. The number of carbonyl (C=O) groups is 3. The molecule has 0 radical (unpaired) electrons. The summed E-state index contributed by atoms with van der Waals surface area (Å²) in [7, 11) is 2.96. The Morgan fingerprint density at radius 2 is 1.54 bits per heavy atom. The zero-order valence-electron chi connectivity index (χ0n) is 22.3. The predicted molar refractivity (Wildman–Crippen MR) is 132 cm³/mol. The third kappa shape index (κ3) is 10.4. The Kier molecular flexibility index (Phi) is 11.1. The van der Waals surface area contributed by atoms with Gasteiger partial charge in [-0.05, 0) is 35.4 Å². The lowest BCUT2D eigenvalue weighted by Gasteiger charge is -2.33. The third-order valence-electron chi connectivity index (χ3n) is 5.69. The van der Waals surface area contributed by atoms with Crippen LogP contribution in [-0.2, 0) is 27.0 Å². The van der Waals surface area contributed by atoms with Gasteiger partial charge in [0.2, 0.25) is 24.3 Å². The maximum absolute atomic E-state index is 13.3. The molecule has 37 heavy (non-hydrogen) atoms. The summed E-state index contributed by atoms with van der Waals surface area (Å²) in [6.45, 7) is 8.15. The third-order valence-corrected chi connectivity index (χ3v) is 5.69. The Morgan fingerprint density at radius 3 is 1.95 bits per heavy atom. The van der Waals surface area contributed by atoms with Crippen LogP contribution in [0.25, 0.3) is 0 Å². The smallest absolute Gasteiger partial charge is 0.347 e. The normalized spacial score (nSPS) is 14.5. The van der Waals surface area contributed by atoms with E-state index >= 15 is 0 Å². The van der Waals surface area contributed by atoms with E-state index < -0.39 is 64.3 Å². The molecule has 208 valence electrons. The molecule has 0 aromatic heterocycles. The number of amides is 3. The van der Waals surface area contributed by atoms with Gasteiger partial charge in [0, 0.05) is 25.4 Å². The molecule has 0 bridgehead atoms. The van der Waals surface area contributed by atoms with E-state index in [0.29, 0.717) is 5.56 Å². The van der Waals surface area contributed by atoms with Crippen molar-refractivity contribution >= 4 is 17.7 Å². The monoisotopic (exact) mass is 530 g/mol. The van der Waals surface area contributed by atoms with E-state index in [0.717, 1.165) is 12.1 Å². The van der Waals surface area contributed by atoms with Gasteiger partial charge in [-0.15, -0.1) is 0 Å². The Bertz CT molecular complexity index is 957. The van der Waals surface area contributed by atoms with E-state index in [2.05, 4.69) is 10.6 Å². The minimum absolute atomic E-state index is 0.00319. The second-order valence-electron chi connectivity index (χ2n) is 10.8. The lowest BCUT2D eigenvalue weighted by Crippen LogP contribution is -2.59. The van der Waals surface area contributed by atoms with Crippen molar-refractivity contribution in [3.05, 3.63) is 45.5 Å². The number of alkyl halides is 3. The van der Waals surface area contributed by atoms with E-state index in [-0.39, 0.29) is 18.8 Å². The Labute approximate surface area is 215 Å². The molecule has 1 rings (SSSR count). The lowest BCUT2D eigenvalue weighted by atomic mass is 9.85. The van der Waals surface area contributed by atoms with Crippen molar-refractivity contribution < 1.29 is 32.5 Å². The molecular formula is C25H37F3N4O5. The molecule has 0 aliphatic carbocycles. The minimum atomic E-state index is -4.51. The number of nitrogens with zero attached hydrogens (tertiary/aromatic N) is 2. The quantitative estimate of drug-likeness (QED) is 0.336. The number of nitrogens with one attached hydrogen (secondary N) is 2. The van der Waals surface area contributed by atoms with Crippen molar-refractivity contribution in [2.24, 2.45) is 17.3 Å². The van der Waals surface area contributed by atoms with Crippen LogP contribution >= 0.6 is 0 Å². The fourth-order valence-corrected chi connectivity index (χ4v) is 3.78. The van der Waals surface area contributed by atoms with Crippen LogP contribution < -0.4 is 10.6 Å². The van der Waals surface area contributed by atoms with E-state index in [1.807, 2.05) is 13.8 Å². The van der Waals surface area contributed by atoms with Crippen LogP contribution in [0.3, 0.4) is 0 Å². The largest absolute Gasteiger partial charge is 0.416 e. The van der Waals surface area contributed by atoms with Crippen LogP contribution in [0, 0.1) is 27.4 Å². The van der Waals surface area contributed by atoms with Crippen LogP contribution in [0.15, 0.2) is 24.3 Å². The Hall–Kier alpha value is -3.18. The highest BCUT2D eigenvalue weighted by molar-refractivity contribution is 5.93. The molecule has 0 saturated heterocycles. The summed E-state index contributed by atoms with van der Waals surface area (Å²) in [5.74, 6) is -2.75. The van der Waals surface area contributed by atoms with Gasteiger partial charge in [0.05, 0.1) is 5.56 Å². The van der Waals surface area contributed by atoms with Gasteiger partial charge in [-0.3, -0.25) is 24.5 Å². The van der Waals surface area contributed by atoms with E-state index in [1.54, 1.807) is 20.8 Å². The second kappa shape index (κ2) is 12.9. The van der Waals surface area contributed by atoms with E-state index in [9.17, 15) is 37.7 Å². The highest BCUT2D eigenvalue weighted by atomic mass is 19.4. The van der Waals surface area contributed by atoms with Crippen LogP contribution in [0.2, 0.25) is 0 Å². The summed E-state index contributed by atoms with van der Waals surface area (Å²) in [5, 5.41) is 16.3. The maximum Gasteiger partial charge on any atom is 0.416 e. The fourth-order valence-electron chi connectivity index (χ4n) is 3.78. The molecule has 12 heteroatoms.